The molecule has 4 aliphatic heterocycles. The summed E-state index contributed by atoms with van der Waals surface area (Å²) in [5.41, 5.74) is -0.492. The predicted molar refractivity (Wildman–Crippen MR) is 120 cm³/mol. The van der Waals surface area contributed by atoms with Gasteiger partial charge in [-0.1, -0.05) is 18.9 Å². The zero-order chi connectivity index (χ0) is 23.0. The standard InChI is InChI=1S/C24H32N4O5/c1-24(18-6-7-19-20(14-18)33-16-32-19)22(30)28(23(31)25-24)15-26-12-8-17(9-13-26)21(29)27-10-4-2-3-5-11-27/h6-7,14,17H,2-5,8-13,15-16H2,1H3,(H,25,31)/t24-/m0/s1. The first-order valence-corrected chi connectivity index (χ1v) is 12.0. The van der Waals surface area contributed by atoms with E-state index >= 15 is 0 Å². The van der Waals surface area contributed by atoms with Gasteiger partial charge in [-0.25, -0.2) is 9.69 Å². The molecule has 0 unspecified atom stereocenters. The number of fused-ring (bicyclic) bond motifs is 1. The van der Waals surface area contributed by atoms with E-state index in [1.807, 2.05) is 4.90 Å². The van der Waals surface area contributed by atoms with Gasteiger partial charge in [-0.15, -0.1) is 0 Å². The van der Waals surface area contributed by atoms with Crippen LogP contribution in [0.3, 0.4) is 0 Å². The summed E-state index contributed by atoms with van der Waals surface area (Å²) in [4.78, 5) is 44.4. The van der Waals surface area contributed by atoms with Crippen molar-refractivity contribution in [3.8, 4) is 11.5 Å². The van der Waals surface area contributed by atoms with Crippen LogP contribution >= 0.6 is 0 Å². The van der Waals surface area contributed by atoms with Crippen LogP contribution in [0.1, 0.15) is 51.0 Å². The van der Waals surface area contributed by atoms with Crippen LogP contribution in [0, 0.1) is 5.92 Å². The first-order chi connectivity index (χ1) is 16.0. The topological polar surface area (TPSA) is 91.4 Å². The number of hydrogen-bond donors (Lipinski definition) is 1. The molecule has 0 saturated carbocycles. The van der Waals surface area contributed by atoms with Gasteiger partial charge in [-0.05, 0) is 50.3 Å². The first kappa shape index (κ1) is 22.0. The molecule has 4 amide bonds. The smallest absolute Gasteiger partial charge is 0.326 e. The van der Waals surface area contributed by atoms with Crippen molar-refractivity contribution in [3.63, 3.8) is 0 Å². The Bertz CT molecular complexity index is 937. The SMILES string of the molecule is C[C@@]1(c2ccc3c(c2)OCO3)NC(=O)N(CN2CCC(C(=O)N3CCCCCC3)CC2)C1=O. The van der Waals surface area contributed by atoms with Crippen LogP contribution in [0.5, 0.6) is 11.5 Å². The number of carbonyl (C=O) groups excluding carboxylic acids is 3. The monoisotopic (exact) mass is 456 g/mol. The highest BCUT2D eigenvalue weighted by Crippen LogP contribution is 2.38. The van der Waals surface area contributed by atoms with Gasteiger partial charge in [-0.3, -0.25) is 14.5 Å². The molecular weight excluding hydrogens is 424 g/mol. The minimum atomic E-state index is -1.15. The van der Waals surface area contributed by atoms with Crippen LogP contribution in [0.15, 0.2) is 18.2 Å². The summed E-state index contributed by atoms with van der Waals surface area (Å²) in [7, 11) is 0. The molecule has 1 aromatic rings. The van der Waals surface area contributed by atoms with E-state index in [0.717, 1.165) is 38.8 Å². The number of benzene rings is 1. The van der Waals surface area contributed by atoms with Gasteiger partial charge < -0.3 is 19.7 Å². The summed E-state index contributed by atoms with van der Waals surface area (Å²) < 4.78 is 10.8. The molecule has 1 aromatic carbocycles. The highest BCUT2D eigenvalue weighted by molar-refractivity contribution is 6.07. The van der Waals surface area contributed by atoms with Crippen molar-refractivity contribution in [2.45, 2.75) is 51.0 Å². The Morgan fingerprint density at radius 1 is 1.03 bits per heavy atom. The second-order valence-corrected chi connectivity index (χ2v) is 9.63. The Morgan fingerprint density at radius 3 is 2.45 bits per heavy atom. The lowest BCUT2D eigenvalue weighted by molar-refractivity contribution is -0.138. The number of imide groups is 1. The molecule has 9 heteroatoms. The molecule has 4 heterocycles. The Labute approximate surface area is 194 Å². The van der Waals surface area contributed by atoms with Gasteiger partial charge in [0, 0.05) is 32.1 Å². The van der Waals surface area contributed by atoms with Crippen molar-refractivity contribution < 1.29 is 23.9 Å². The molecule has 1 N–H and O–H groups in total. The molecule has 9 nitrogen and oxygen atoms in total. The number of rotatable bonds is 4. The minimum absolute atomic E-state index is 0.0429. The fourth-order valence-corrected chi connectivity index (χ4v) is 5.30. The number of urea groups is 1. The van der Waals surface area contributed by atoms with E-state index < -0.39 is 11.6 Å². The first-order valence-electron chi connectivity index (χ1n) is 12.0. The van der Waals surface area contributed by atoms with E-state index in [2.05, 4.69) is 10.2 Å². The molecule has 0 radical (unpaired) electrons. The van der Waals surface area contributed by atoms with Gasteiger partial charge >= 0.3 is 6.03 Å². The van der Waals surface area contributed by atoms with Crippen LogP contribution in [-0.4, -0.2) is 72.2 Å². The maximum Gasteiger partial charge on any atom is 0.326 e. The molecule has 0 spiro atoms. The van der Waals surface area contributed by atoms with E-state index in [4.69, 9.17) is 9.47 Å². The summed E-state index contributed by atoms with van der Waals surface area (Å²) in [6.45, 7) is 5.24. The average molecular weight is 457 g/mol. The van der Waals surface area contributed by atoms with Crippen LogP contribution in [-0.2, 0) is 15.1 Å². The van der Waals surface area contributed by atoms with Crippen molar-refractivity contribution in [3.05, 3.63) is 23.8 Å². The molecule has 3 fully saturated rings. The number of likely N-dealkylation sites (tertiary alicyclic amines) is 2. The maximum absolute atomic E-state index is 13.3. The minimum Gasteiger partial charge on any atom is -0.454 e. The molecule has 0 bridgehead atoms. The molecule has 0 aromatic heterocycles. The lowest BCUT2D eigenvalue weighted by Gasteiger charge is -2.35. The van der Waals surface area contributed by atoms with E-state index in [0.29, 0.717) is 30.2 Å². The highest BCUT2D eigenvalue weighted by Gasteiger charge is 2.50. The highest BCUT2D eigenvalue weighted by atomic mass is 16.7. The quantitative estimate of drug-likeness (QED) is 0.699. The summed E-state index contributed by atoms with van der Waals surface area (Å²) in [6, 6.07) is 4.90. The van der Waals surface area contributed by atoms with Gasteiger partial charge in [0.15, 0.2) is 11.5 Å². The molecule has 0 aliphatic carbocycles. The predicted octanol–water partition coefficient (Wildman–Crippen LogP) is 2.25. The van der Waals surface area contributed by atoms with Crippen molar-refractivity contribution >= 4 is 17.8 Å². The van der Waals surface area contributed by atoms with Crippen LogP contribution < -0.4 is 14.8 Å². The number of nitrogens with one attached hydrogen (secondary N) is 1. The third kappa shape index (κ3) is 4.14. The third-order valence-corrected chi connectivity index (χ3v) is 7.42. The van der Waals surface area contributed by atoms with Crippen molar-refractivity contribution in [2.75, 3.05) is 39.6 Å². The Balaban J connectivity index is 1.19. The Kier molecular flexibility index (Phi) is 5.90. The number of hydrogen-bond acceptors (Lipinski definition) is 6. The number of nitrogens with zero attached hydrogens (tertiary/aromatic N) is 3. The number of piperidine rings is 1. The fraction of sp³-hybridized carbons (Fsp3) is 0.625. The summed E-state index contributed by atoms with van der Waals surface area (Å²) in [5.74, 6) is 1.25. The van der Waals surface area contributed by atoms with Crippen LogP contribution in [0.25, 0.3) is 0 Å². The molecule has 33 heavy (non-hydrogen) atoms. The second kappa shape index (κ2) is 8.85. The number of carbonyl (C=O) groups is 3. The van der Waals surface area contributed by atoms with Crippen molar-refractivity contribution in [1.29, 1.82) is 0 Å². The van der Waals surface area contributed by atoms with Gasteiger partial charge in [0.05, 0.1) is 6.67 Å². The fourth-order valence-electron chi connectivity index (χ4n) is 5.30. The molecule has 4 aliphatic rings. The van der Waals surface area contributed by atoms with E-state index in [9.17, 15) is 14.4 Å². The molecule has 178 valence electrons. The largest absolute Gasteiger partial charge is 0.454 e. The number of amides is 4. The molecule has 1 atom stereocenters. The van der Waals surface area contributed by atoms with Crippen molar-refractivity contribution in [2.24, 2.45) is 5.92 Å². The Hall–Kier alpha value is -2.81. The number of ether oxygens (including phenoxy) is 2. The average Bonchev–Trinajstić information content (AvgIpc) is 3.24. The van der Waals surface area contributed by atoms with E-state index in [1.165, 1.54) is 17.7 Å². The molecular formula is C24H32N4O5. The summed E-state index contributed by atoms with van der Waals surface area (Å²) in [6.07, 6.45) is 6.13. The van der Waals surface area contributed by atoms with Crippen molar-refractivity contribution in [1.82, 2.24) is 20.0 Å². The zero-order valence-electron chi connectivity index (χ0n) is 19.2. The second-order valence-electron chi connectivity index (χ2n) is 9.63. The van der Waals surface area contributed by atoms with Gasteiger partial charge in [0.25, 0.3) is 5.91 Å². The lowest BCUT2D eigenvalue weighted by atomic mass is 9.91. The van der Waals surface area contributed by atoms with E-state index in [1.54, 1.807) is 25.1 Å². The lowest BCUT2D eigenvalue weighted by Crippen LogP contribution is -2.48. The zero-order valence-corrected chi connectivity index (χ0v) is 19.2. The molecule has 3 saturated heterocycles. The van der Waals surface area contributed by atoms with Gasteiger partial charge in [0.2, 0.25) is 12.7 Å². The maximum atomic E-state index is 13.3. The third-order valence-electron chi connectivity index (χ3n) is 7.42. The molecule has 5 rings (SSSR count). The normalized spacial score (nSPS) is 26.5. The summed E-state index contributed by atoms with van der Waals surface area (Å²) in [5, 5.41) is 2.86. The van der Waals surface area contributed by atoms with Gasteiger partial charge in [-0.2, -0.15) is 0 Å². The van der Waals surface area contributed by atoms with E-state index in [-0.39, 0.29) is 31.2 Å². The summed E-state index contributed by atoms with van der Waals surface area (Å²) >= 11 is 0. The Morgan fingerprint density at radius 2 is 1.73 bits per heavy atom. The van der Waals surface area contributed by atoms with Gasteiger partial charge in [0.1, 0.15) is 5.54 Å². The van der Waals surface area contributed by atoms with Crippen LogP contribution in [0.4, 0.5) is 4.79 Å². The van der Waals surface area contributed by atoms with Crippen LogP contribution in [0.2, 0.25) is 0 Å².